The quantitative estimate of drug-likeness (QED) is 0.788. The van der Waals surface area contributed by atoms with Crippen LogP contribution in [0.15, 0.2) is 23.1 Å². The summed E-state index contributed by atoms with van der Waals surface area (Å²) in [5, 5.41) is 0. The van der Waals surface area contributed by atoms with Crippen molar-refractivity contribution < 1.29 is 13.2 Å². The van der Waals surface area contributed by atoms with Crippen molar-refractivity contribution in [3.05, 3.63) is 29.3 Å². The second kappa shape index (κ2) is 4.74. The fourth-order valence-electron chi connectivity index (χ4n) is 3.34. The van der Waals surface area contributed by atoms with E-state index in [0.717, 1.165) is 19.4 Å². The van der Waals surface area contributed by atoms with Crippen LogP contribution < -0.4 is 0 Å². The Bertz CT molecular complexity index is 671. The molecular weight excluding hydrogens is 298 g/mol. The molecule has 1 aliphatic heterocycles. The van der Waals surface area contributed by atoms with Gasteiger partial charge in [0.1, 0.15) is 0 Å². The molecule has 108 valence electrons. The lowest BCUT2D eigenvalue weighted by atomic mass is 10.1. The number of carbonyl (C=O) groups is 1. The first kappa shape index (κ1) is 13.9. The van der Waals surface area contributed by atoms with Gasteiger partial charge >= 0.3 is 0 Å². The van der Waals surface area contributed by atoms with Crippen molar-refractivity contribution in [1.82, 2.24) is 4.90 Å². The molecule has 0 spiro atoms. The molecule has 20 heavy (non-hydrogen) atoms. The first-order chi connectivity index (χ1) is 9.36. The molecule has 1 aliphatic carbocycles. The Hall–Kier alpha value is -1.07. The summed E-state index contributed by atoms with van der Waals surface area (Å²) < 4.78 is 23.0. The van der Waals surface area contributed by atoms with Crippen LogP contribution in [0.3, 0.4) is 0 Å². The number of hydrogen-bond donors (Lipinski definition) is 0. The summed E-state index contributed by atoms with van der Waals surface area (Å²) in [5.74, 6) is 0.532. The van der Waals surface area contributed by atoms with Crippen LogP contribution in [0.4, 0.5) is 0 Å². The van der Waals surface area contributed by atoms with Crippen LogP contribution in [-0.4, -0.2) is 31.8 Å². The molecule has 1 aromatic rings. The summed E-state index contributed by atoms with van der Waals surface area (Å²) in [7, 11) is 1.59. The lowest BCUT2D eigenvalue weighted by Crippen LogP contribution is -2.37. The maximum absolute atomic E-state index is 12.5. The molecule has 2 unspecified atom stereocenters. The monoisotopic (exact) mass is 313 g/mol. The Morgan fingerprint density at radius 3 is 2.65 bits per heavy atom. The molecule has 1 aromatic carbocycles. The summed E-state index contributed by atoms with van der Waals surface area (Å²) in [6, 6.07) is 5.03. The molecule has 0 radical (unpaired) electrons. The van der Waals surface area contributed by atoms with E-state index in [1.165, 1.54) is 12.5 Å². The first-order valence-corrected chi connectivity index (χ1v) is 9.03. The van der Waals surface area contributed by atoms with Gasteiger partial charge in [-0.25, -0.2) is 8.42 Å². The van der Waals surface area contributed by atoms with E-state index in [-0.39, 0.29) is 10.8 Å². The zero-order valence-corrected chi connectivity index (χ0v) is 12.7. The van der Waals surface area contributed by atoms with E-state index in [1.807, 2.05) is 4.90 Å². The number of aryl methyl sites for hydroxylation is 1. The topological polar surface area (TPSA) is 54.5 Å². The third-order valence-corrected chi connectivity index (χ3v) is 5.83. The van der Waals surface area contributed by atoms with E-state index in [2.05, 4.69) is 0 Å². The standard InChI is InChI=1S/C14H16ClNO3S/c1-9-2-4-11(7-13(9)20(15,18)19)14(17)16-8-10-3-5-12(16)6-10/h2,4,7,10,12H,3,5-6,8H2,1H3. The summed E-state index contributed by atoms with van der Waals surface area (Å²) in [6.07, 6.45) is 3.34. The number of piperidine rings is 1. The third-order valence-electron chi connectivity index (χ3n) is 4.37. The number of likely N-dealkylation sites (tertiary alicyclic amines) is 1. The van der Waals surface area contributed by atoms with Crippen LogP contribution >= 0.6 is 10.7 Å². The van der Waals surface area contributed by atoms with Crippen molar-refractivity contribution in [2.45, 2.75) is 37.1 Å². The van der Waals surface area contributed by atoms with Crippen molar-refractivity contribution in [3.63, 3.8) is 0 Å². The summed E-state index contributed by atoms with van der Waals surface area (Å²) >= 11 is 0. The van der Waals surface area contributed by atoms with E-state index < -0.39 is 9.05 Å². The van der Waals surface area contributed by atoms with Crippen LogP contribution in [0.25, 0.3) is 0 Å². The number of rotatable bonds is 2. The molecule has 1 saturated heterocycles. The molecule has 0 N–H and O–H groups in total. The molecule has 6 heteroatoms. The van der Waals surface area contributed by atoms with Gasteiger partial charge in [0.2, 0.25) is 0 Å². The Labute approximate surface area is 123 Å². The second-order valence-corrected chi connectivity index (χ2v) is 8.24. The first-order valence-electron chi connectivity index (χ1n) is 6.72. The predicted octanol–water partition coefficient (Wildman–Crippen LogP) is 2.55. The van der Waals surface area contributed by atoms with Crippen LogP contribution in [0.5, 0.6) is 0 Å². The highest BCUT2D eigenvalue weighted by molar-refractivity contribution is 8.13. The number of fused-ring (bicyclic) bond motifs is 2. The second-order valence-electron chi connectivity index (χ2n) is 5.71. The van der Waals surface area contributed by atoms with Gasteiger partial charge in [-0.05, 0) is 49.8 Å². The zero-order valence-electron chi connectivity index (χ0n) is 11.2. The van der Waals surface area contributed by atoms with Crippen molar-refractivity contribution >= 4 is 25.6 Å². The molecular formula is C14H16ClNO3S. The molecule has 3 rings (SSSR count). The molecule has 2 fully saturated rings. The molecule has 0 aromatic heterocycles. The lowest BCUT2D eigenvalue weighted by molar-refractivity contribution is 0.0703. The molecule has 4 nitrogen and oxygen atoms in total. The maximum Gasteiger partial charge on any atom is 0.261 e. The van der Waals surface area contributed by atoms with Gasteiger partial charge in [-0.15, -0.1) is 0 Å². The summed E-state index contributed by atoms with van der Waals surface area (Å²) in [4.78, 5) is 14.4. The molecule has 2 bridgehead atoms. The highest BCUT2D eigenvalue weighted by Crippen LogP contribution is 2.38. The molecule has 1 saturated carbocycles. The smallest absolute Gasteiger partial charge is 0.261 e. The van der Waals surface area contributed by atoms with Gasteiger partial charge < -0.3 is 4.90 Å². The van der Waals surface area contributed by atoms with Gasteiger partial charge in [-0.1, -0.05) is 6.07 Å². The third kappa shape index (κ3) is 2.33. The van der Waals surface area contributed by atoms with Gasteiger partial charge in [0.25, 0.3) is 15.0 Å². The maximum atomic E-state index is 12.5. The SMILES string of the molecule is Cc1ccc(C(=O)N2CC3CCC2C3)cc1S(=O)(=O)Cl. The summed E-state index contributed by atoms with van der Waals surface area (Å²) in [5.41, 5.74) is 0.960. The average molecular weight is 314 g/mol. The van der Waals surface area contributed by atoms with Gasteiger partial charge in [0.15, 0.2) is 0 Å². The van der Waals surface area contributed by atoms with E-state index in [1.54, 1.807) is 19.1 Å². The highest BCUT2D eigenvalue weighted by Gasteiger charge is 2.40. The van der Waals surface area contributed by atoms with Crippen molar-refractivity contribution in [3.8, 4) is 0 Å². The fourth-order valence-corrected chi connectivity index (χ4v) is 4.55. The number of amides is 1. The normalized spacial score (nSPS) is 25.2. The van der Waals surface area contributed by atoms with Gasteiger partial charge in [0.05, 0.1) is 4.90 Å². The largest absolute Gasteiger partial charge is 0.335 e. The minimum atomic E-state index is -3.82. The van der Waals surface area contributed by atoms with Crippen LogP contribution in [0.2, 0.25) is 0 Å². The van der Waals surface area contributed by atoms with Gasteiger partial charge in [-0.3, -0.25) is 4.79 Å². The number of nitrogens with zero attached hydrogens (tertiary/aromatic N) is 1. The zero-order chi connectivity index (χ0) is 14.5. The number of halogens is 1. The van der Waals surface area contributed by atoms with Gasteiger partial charge in [-0.2, -0.15) is 0 Å². The van der Waals surface area contributed by atoms with Crippen LogP contribution in [-0.2, 0) is 9.05 Å². The number of benzene rings is 1. The average Bonchev–Trinajstić information content (AvgIpc) is 2.99. The Morgan fingerprint density at radius 1 is 1.35 bits per heavy atom. The Kier molecular flexibility index (Phi) is 3.29. The van der Waals surface area contributed by atoms with E-state index in [9.17, 15) is 13.2 Å². The minimum Gasteiger partial charge on any atom is -0.335 e. The Balaban J connectivity index is 1.93. The molecule has 1 amide bonds. The molecule has 2 atom stereocenters. The molecule has 1 heterocycles. The van der Waals surface area contributed by atoms with Crippen molar-refractivity contribution in [2.24, 2.45) is 5.92 Å². The lowest BCUT2D eigenvalue weighted by Gasteiger charge is -2.27. The fraction of sp³-hybridized carbons (Fsp3) is 0.500. The van der Waals surface area contributed by atoms with E-state index >= 15 is 0 Å². The Morgan fingerprint density at radius 2 is 2.10 bits per heavy atom. The van der Waals surface area contributed by atoms with E-state index in [0.29, 0.717) is 23.1 Å². The predicted molar refractivity (Wildman–Crippen MR) is 76.4 cm³/mol. The minimum absolute atomic E-state index is 0.0226. The van der Waals surface area contributed by atoms with Crippen LogP contribution in [0.1, 0.15) is 35.2 Å². The van der Waals surface area contributed by atoms with Crippen molar-refractivity contribution in [1.29, 1.82) is 0 Å². The number of carbonyl (C=O) groups excluding carboxylic acids is 1. The van der Waals surface area contributed by atoms with Crippen LogP contribution in [0, 0.1) is 12.8 Å². The highest BCUT2D eigenvalue weighted by atomic mass is 35.7. The summed E-state index contributed by atoms with van der Waals surface area (Å²) in [6.45, 7) is 2.46. The molecule has 2 aliphatic rings. The van der Waals surface area contributed by atoms with E-state index in [4.69, 9.17) is 10.7 Å². The number of hydrogen-bond acceptors (Lipinski definition) is 3. The van der Waals surface area contributed by atoms with Crippen molar-refractivity contribution in [2.75, 3.05) is 6.54 Å². The van der Waals surface area contributed by atoms with Gasteiger partial charge in [0, 0.05) is 28.8 Å².